The minimum Gasteiger partial charge on any atom is -0.477 e. The third kappa shape index (κ3) is 3.11. The molecule has 7 nitrogen and oxygen atoms in total. The first kappa shape index (κ1) is 16.5. The SMILES string of the molecule is NC(=O)C1CN(C(=O)CSc2nc3ccccc3[nH]2)c2ccccc2O1. The van der Waals surface area contributed by atoms with Crippen LogP contribution in [-0.4, -0.2) is 40.2 Å². The number of hydrogen-bond donors (Lipinski definition) is 2. The van der Waals surface area contributed by atoms with Crippen LogP contribution in [0, 0.1) is 0 Å². The van der Waals surface area contributed by atoms with Crippen molar-refractivity contribution in [2.24, 2.45) is 5.73 Å². The number of carbonyl (C=O) groups is 2. The number of imidazole rings is 1. The highest BCUT2D eigenvalue weighted by atomic mass is 32.2. The first-order valence-electron chi connectivity index (χ1n) is 8.05. The first-order valence-corrected chi connectivity index (χ1v) is 9.03. The normalized spacial score (nSPS) is 16.2. The van der Waals surface area contributed by atoms with Gasteiger partial charge in [0.05, 0.1) is 29.0 Å². The van der Waals surface area contributed by atoms with Crippen molar-refractivity contribution < 1.29 is 14.3 Å². The summed E-state index contributed by atoms with van der Waals surface area (Å²) in [5.74, 6) is -0.0797. The van der Waals surface area contributed by atoms with E-state index in [0.29, 0.717) is 16.6 Å². The topological polar surface area (TPSA) is 101 Å². The van der Waals surface area contributed by atoms with E-state index < -0.39 is 12.0 Å². The summed E-state index contributed by atoms with van der Waals surface area (Å²) in [6, 6.07) is 14.8. The molecule has 0 aliphatic carbocycles. The van der Waals surface area contributed by atoms with Crippen LogP contribution in [0.15, 0.2) is 53.7 Å². The molecular weight excluding hydrogens is 352 g/mol. The van der Waals surface area contributed by atoms with Crippen LogP contribution in [0.4, 0.5) is 5.69 Å². The van der Waals surface area contributed by atoms with Crippen LogP contribution in [-0.2, 0) is 9.59 Å². The molecule has 1 aromatic heterocycles. The van der Waals surface area contributed by atoms with E-state index in [-0.39, 0.29) is 18.2 Å². The largest absolute Gasteiger partial charge is 0.477 e. The van der Waals surface area contributed by atoms with Gasteiger partial charge in [-0.05, 0) is 24.3 Å². The fourth-order valence-corrected chi connectivity index (χ4v) is 3.59. The Morgan fingerprint density at radius 2 is 2.00 bits per heavy atom. The van der Waals surface area contributed by atoms with Gasteiger partial charge in [-0.1, -0.05) is 36.0 Å². The molecule has 1 atom stereocenters. The number of para-hydroxylation sites is 4. The van der Waals surface area contributed by atoms with Crippen molar-refractivity contribution in [3.05, 3.63) is 48.5 Å². The summed E-state index contributed by atoms with van der Waals surface area (Å²) in [5.41, 5.74) is 7.79. The Bertz CT molecular complexity index is 954. The second-order valence-electron chi connectivity index (χ2n) is 5.83. The van der Waals surface area contributed by atoms with Crippen LogP contribution in [0.2, 0.25) is 0 Å². The lowest BCUT2D eigenvalue weighted by molar-refractivity contribution is -0.125. The molecule has 2 aromatic carbocycles. The number of nitrogens with one attached hydrogen (secondary N) is 1. The van der Waals surface area contributed by atoms with Gasteiger partial charge >= 0.3 is 0 Å². The van der Waals surface area contributed by atoms with E-state index in [0.717, 1.165) is 11.0 Å². The number of nitrogens with zero attached hydrogens (tertiary/aromatic N) is 2. The molecule has 132 valence electrons. The van der Waals surface area contributed by atoms with Crippen molar-refractivity contribution >= 4 is 40.3 Å². The number of aromatic amines is 1. The standard InChI is InChI=1S/C18H16N4O3S/c19-17(24)15-9-22(13-7-3-4-8-14(13)25-15)16(23)10-26-18-20-11-5-1-2-6-12(11)21-18/h1-8,15H,9-10H2,(H2,19,24)(H,20,21). The number of H-pyrrole nitrogens is 1. The summed E-state index contributed by atoms with van der Waals surface area (Å²) >= 11 is 1.32. The molecule has 8 heteroatoms. The van der Waals surface area contributed by atoms with Crippen molar-refractivity contribution in [1.82, 2.24) is 9.97 Å². The molecule has 0 bridgehead atoms. The molecule has 2 amide bonds. The highest BCUT2D eigenvalue weighted by molar-refractivity contribution is 7.99. The van der Waals surface area contributed by atoms with Crippen molar-refractivity contribution in [3.8, 4) is 5.75 Å². The zero-order chi connectivity index (χ0) is 18.1. The third-order valence-corrected chi connectivity index (χ3v) is 4.95. The number of carbonyl (C=O) groups excluding carboxylic acids is 2. The Morgan fingerprint density at radius 1 is 1.23 bits per heavy atom. The Labute approximate surface area is 153 Å². The van der Waals surface area contributed by atoms with E-state index in [1.807, 2.05) is 30.3 Å². The van der Waals surface area contributed by atoms with Gasteiger partial charge in [-0.3, -0.25) is 9.59 Å². The number of anilines is 1. The number of hydrogen-bond acceptors (Lipinski definition) is 5. The average molecular weight is 368 g/mol. The number of aromatic nitrogens is 2. The number of benzene rings is 2. The van der Waals surface area contributed by atoms with Gasteiger partial charge in [-0.25, -0.2) is 4.98 Å². The third-order valence-electron chi connectivity index (χ3n) is 4.09. The molecular formula is C18H16N4O3S. The maximum absolute atomic E-state index is 12.8. The number of ether oxygens (including phenoxy) is 1. The van der Waals surface area contributed by atoms with E-state index >= 15 is 0 Å². The van der Waals surface area contributed by atoms with Gasteiger partial charge in [0.1, 0.15) is 5.75 Å². The predicted molar refractivity (Wildman–Crippen MR) is 99.2 cm³/mol. The summed E-state index contributed by atoms with van der Waals surface area (Å²) in [4.78, 5) is 33.5. The van der Waals surface area contributed by atoms with Crippen LogP contribution >= 0.6 is 11.8 Å². The minimum atomic E-state index is -0.856. The molecule has 3 N–H and O–H groups in total. The molecule has 4 rings (SSSR count). The second kappa shape index (κ2) is 6.72. The van der Waals surface area contributed by atoms with Gasteiger partial charge < -0.3 is 20.4 Å². The van der Waals surface area contributed by atoms with Gasteiger partial charge in [-0.2, -0.15) is 0 Å². The quantitative estimate of drug-likeness (QED) is 0.685. The zero-order valence-corrected chi connectivity index (χ0v) is 14.5. The van der Waals surface area contributed by atoms with Crippen LogP contribution < -0.4 is 15.4 Å². The van der Waals surface area contributed by atoms with Crippen LogP contribution in [0.3, 0.4) is 0 Å². The molecule has 1 aliphatic rings. The highest BCUT2D eigenvalue weighted by Crippen LogP contribution is 2.33. The van der Waals surface area contributed by atoms with Crippen LogP contribution in [0.25, 0.3) is 11.0 Å². The molecule has 2 heterocycles. The minimum absolute atomic E-state index is 0.103. The number of amides is 2. The van der Waals surface area contributed by atoms with Crippen LogP contribution in [0.1, 0.15) is 0 Å². The molecule has 26 heavy (non-hydrogen) atoms. The lowest BCUT2D eigenvalue weighted by Crippen LogP contribution is -2.49. The molecule has 1 aliphatic heterocycles. The van der Waals surface area contributed by atoms with E-state index in [1.165, 1.54) is 11.8 Å². The molecule has 0 radical (unpaired) electrons. The maximum Gasteiger partial charge on any atom is 0.260 e. The predicted octanol–water partition coefficient (Wildman–Crippen LogP) is 1.93. The van der Waals surface area contributed by atoms with E-state index in [9.17, 15) is 9.59 Å². The fraction of sp³-hybridized carbons (Fsp3) is 0.167. The van der Waals surface area contributed by atoms with Gasteiger partial charge in [-0.15, -0.1) is 0 Å². The summed E-state index contributed by atoms with van der Waals surface area (Å²) in [6.45, 7) is 0.103. The lowest BCUT2D eigenvalue weighted by Gasteiger charge is -2.33. The monoisotopic (exact) mass is 368 g/mol. The van der Waals surface area contributed by atoms with Crippen molar-refractivity contribution in [1.29, 1.82) is 0 Å². The molecule has 1 unspecified atom stereocenters. The fourth-order valence-electron chi connectivity index (χ4n) is 2.82. The molecule has 0 saturated carbocycles. The Hall–Kier alpha value is -3.00. The Balaban J connectivity index is 1.52. The molecule has 0 fully saturated rings. The number of primary amides is 1. The Kier molecular flexibility index (Phi) is 4.26. The highest BCUT2D eigenvalue weighted by Gasteiger charge is 2.32. The first-order chi connectivity index (χ1) is 12.6. The summed E-state index contributed by atoms with van der Waals surface area (Å²) in [7, 11) is 0. The van der Waals surface area contributed by atoms with E-state index in [1.54, 1.807) is 23.1 Å². The summed E-state index contributed by atoms with van der Waals surface area (Å²) < 4.78 is 5.58. The maximum atomic E-state index is 12.8. The average Bonchev–Trinajstić information content (AvgIpc) is 3.08. The summed E-state index contributed by atoms with van der Waals surface area (Å²) in [6.07, 6.45) is -0.856. The van der Waals surface area contributed by atoms with Gasteiger partial charge in [0.15, 0.2) is 11.3 Å². The summed E-state index contributed by atoms with van der Waals surface area (Å²) in [5, 5.41) is 0.674. The van der Waals surface area contributed by atoms with Crippen LogP contribution in [0.5, 0.6) is 5.75 Å². The van der Waals surface area contributed by atoms with Gasteiger partial charge in [0, 0.05) is 0 Å². The van der Waals surface area contributed by atoms with Gasteiger partial charge in [0.25, 0.3) is 5.91 Å². The van der Waals surface area contributed by atoms with Crippen molar-refractivity contribution in [3.63, 3.8) is 0 Å². The van der Waals surface area contributed by atoms with Crippen molar-refractivity contribution in [2.75, 3.05) is 17.2 Å². The smallest absolute Gasteiger partial charge is 0.260 e. The zero-order valence-electron chi connectivity index (χ0n) is 13.7. The molecule has 0 spiro atoms. The molecule has 3 aromatic rings. The number of thioether (sulfide) groups is 1. The number of fused-ring (bicyclic) bond motifs is 2. The van der Waals surface area contributed by atoms with E-state index in [2.05, 4.69) is 9.97 Å². The number of nitrogens with two attached hydrogens (primary N) is 1. The lowest BCUT2D eigenvalue weighted by atomic mass is 10.2. The molecule has 0 saturated heterocycles. The van der Waals surface area contributed by atoms with Crippen molar-refractivity contribution in [2.45, 2.75) is 11.3 Å². The van der Waals surface area contributed by atoms with Gasteiger partial charge in [0.2, 0.25) is 5.91 Å². The Morgan fingerprint density at radius 3 is 2.81 bits per heavy atom. The second-order valence-corrected chi connectivity index (χ2v) is 6.79. The van der Waals surface area contributed by atoms with E-state index in [4.69, 9.17) is 10.5 Å². The number of rotatable bonds is 4.